The Morgan fingerprint density at radius 3 is 2.66 bits per heavy atom. The Labute approximate surface area is 183 Å². The number of nitrogens with zero attached hydrogens (tertiary/aromatic N) is 3. The Balaban J connectivity index is 1.43. The number of morpholine rings is 1. The topological polar surface area (TPSA) is 91.8 Å². The van der Waals surface area contributed by atoms with E-state index in [1.165, 1.54) is 12.1 Å². The van der Waals surface area contributed by atoms with E-state index < -0.39 is 23.8 Å². The Morgan fingerprint density at radius 1 is 1.16 bits per heavy atom. The largest absolute Gasteiger partial charge is 0.368 e. The molecule has 1 aromatic carbocycles. The van der Waals surface area contributed by atoms with Crippen LogP contribution in [0, 0.1) is 11.6 Å². The zero-order valence-electron chi connectivity index (χ0n) is 17.2. The first-order valence-electron chi connectivity index (χ1n) is 10.3. The van der Waals surface area contributed by atoms with E-state index in [1.54, 1.807) is 17.0 Å². The number of carbonyl (C=O) groups excluding carboxylic acids is 3. The molecule has 0 saturated carbocycles. The Bertz CT molecular complexity index is 1010. The lowest BCUT2D eigenvalue weighted by molar-refractivity contribution is -0.140. The zero-order chi connectivity index (χ0) is 22.7. The average molecular weight is 444 g/mol. The molecule has 10 heteroatoms. The number of halogens is 2. The first kappa shape index (κ1) is 21.8. The SMILES string of the molecule is O=C(CCN1C(=O)CCNC1=O)N1CCO[C@@H](c2cccc(-c3c(F)cccc3F)n2)C1. The molecule has 0 spiro atoms. The van der Waals surface area contributed by atoms with E-state index in [-0.39, 0.29) is 55.6 Å². The number of rotatable bonds is 5. The van der Waals surface area contributed by atoms with Gasteiger partial charge in [0.15, 0.2) is 0 Å². The second-order valence-corrected chi connectivity index (χ2v) is 7.52. The van der Waals surface area contributed by atoms with Crippen LogP contribution in [0.3, 0.4) is 0 Å². The predicted molar refractivity (Wildman–Crippen MR) is 109 cm³/mol. The molecular weight excluding hydrogens is 422 g/mol. The summed E-state index contributed by atoms with van der Waals surface area (Å²) < 4.78 is 34.1. The number of pyridine rings is 1. The van der Waals surface area contributed by atoms with Gasteiger partial charge >= 0.3 is 6.03 Å². The van der Waals surface area contributed by atoms with Gasteiger partial charge in [-0.15, -0.1) is 0 Å². The molecule has 32 heavy (non-hydrogen) atoms. The van der Waals surface area contributed by atoms with Crippen LogP contribution in [0.1, 0.15) is 24.6 Å². The number of imide groups is 1. The van der Waals surface area contributed by atoms with Crippen LogP contribution >= 0.6 is 0 Å². The number of carbonyl (C=O) groups is 3. The summed E-state index contributed by atoms with van der Waals surface area (Å²) in [6.45, 7) is 1.13. The van der Waals surface area contributed by atoms with Gasteiger partial charge in [-0.3, -0.25) is 14.5 Å². The summed E-state index contributed by atoms with van der Waals surface area (Å²) in [6, 6.07) is 7.95. The van der Waals surface area contributed by atoms with Gasteiger partial charge in [-0.2, -0.15) is 0 Å². The van der Waals surface area contributed by atoms with E-state index >= 15 is 0 Å². The minimum atomic E-state index is -0.715. The van der Waals surface area contributed by atoms with Crippen LogP contribution in [-0.2, 0) is 14.3 Å². The Hall–Kier alpha value is -3.40. The predicted octanol–water partition coefficient (Wildman–Crippen LogP) is 2.26. The molecular formula is C22H22F2N4O4. The monoisotopic (exact) mass is 444 g/mol. The molecule has 2 aliphatic heterocycles. The lowest BCUT2D eigenvalue weighted by Crippen LogP contribution is -2.51. The highest BCUT2D eigenvalue weighted by Crippen LogP contribution is 2.27. The van der Waals surface area contributed by atoms with Gasteiger partial charge in [-0.05, 0) is 24.3 Å². The van der Waals surface area contributed by atoms with Gasteiger partial charge in [-0.1, -0.05) is 12.1 Å². The molecule has 168 valence electrons. The normalized spacial score (nSPS) is 19.1. The average Bonchev–Trinajstić information content (AvgIpc) is 2.79. The number of nitrogens with one attached hydrogen (secondary N) is 1. The molecule has 0 radical (unpaired) electrons. The van der Waals surface area contributed by atoms with E-state index in [0.29, 0.717) is 18.8 Å². The van der Waals surface area contributed by atoms with Crippen LogP contribution in [0.25, 0.3) is 11.3 Å². The summed E-state index contributed by atoms with van der Waals surface area (Å²) in [6.07, 6.45) is -0.355. The van der Waals surface area contributed by atoms with Gasteiger partial charge in [0.05, 0.1) is 30.1 Å². The van der Waals surface area contributed by atoms with Gasteiger partial charge in [0.2, 0.25) is 11.8 Å². The molecule has 2 fully saturated rings. The number of amides is 4. The van der Waals surface area contributed by atoms with Crippen LogP contribution in [0.4, 0.5) is 13.6 Å². The molecule has 1 N–H and O–H groups in total. The highest BCUT2D eigenvalue weighted by Gasteiger charge is 2.29. The highest BCUT2D eigenvalue weighted by molar-refractivity contribution is 5.97. The molecule has 2 aliphatic rings. The summed E-state index contributed by atoms with van der Waals surface area (Å²) in [5.74, 6) is -1.96. The second-order valence-electron chi connectivity index (χ2n) is 7.52. The quantitative estimate of drug-likeness (QED) is 0.764. The summed E-state index contributed by atoms with van der Waals surface area (Å²) in [7, 11) is 0. The smallest absolute Gasteiger partial charge is 0.324 e. The molecule has 4 rings (SSSR count). The number of hydrogen-bond acceptors (Lipinski definition) is 5. The maximum atomic E-state index is 14.2. The van der Waals surface area contributed by atoms with Gasteiger partial charge in [0, 0.05) is 32.5 Å². The summed E-state index contributed by atoms with van der Waals surface area (Å²) in [5.41, 5.74) is 0.371. The van der Waals surface area contributed by atoms with Crippen molar-refractivity contribution in [1.82, 2.24) is 20.1 Å². The number of urea groups is 1. The van der Waals surface area contributed by atoms with Crippen molar-refractivity contribution in [2.45, 2.75) is 18.9 Å². The van der Waals surface area contributed by atoms with Crippen LogP contribution in [-0.4, -0.2) is 65.4 Å². The maximum Gasteiger partial charge on any atom is 0.324 e. The van der Waals surface area contributed by atoms with E-state index in [9.17, 15) is 23.2 Å². The summed E-state index contributed by atoms with van der Waals surface area (Å²) in [4.78, 5) is 43.4. The second kappa shape index (κ2) is 9.39. The first-order valence-corrected chi connectivity index (χ1v) is 10.3. The number of benzene rings is 1. The number of hydrogen-bond donors (Lipinski definition) is 1. The molecule has 0 aliphatic carbocycles. The fraction of sp³-hybridized carbons (Fsp3) is 0.364. The van der Waals surface area contributed by atoms with Crippen LogP contribution < -0.4 is 5.32 Å². The third-order valence-electron chi connectivity index (χ3n) is 5.45. The molecule has 3 heterocycles. The molecule has 1 aromatic heterocycles. The van der Waals surface area contributed by atoms with E-state index in [4.69, 9.17) is 4.74 Å². The van der Waals surface area contributed by atoms with Crippen LogP contribution in [0.5, 0.6) is 0 Å². The van der Waals surface area contributed by atoms with Crippen LogP contribution in [0.2, 0.25) is 0 Å². The zero-order valence-corrected chi connectivity index (χ0v) is 17.2. The molecule has 2 saturated heterocycles. The van der Waals surface area contributed by atoms with Crippen molar-refractivity contribution in [3.05, 3.63) is 53.7 Å². The van der Waals surface area contributed by atoms with Crippen molar-refractivity contribution in [3.63, 3.8) is 0 Å². The van der Waals surface area contributed by atoms with Crippen molar-refractivity contribution in [1.29, 1.82) is 0 Å². The highest BCUT2D eigenvalue weighted by atomic mass is 19.1. The molecule has 1 atom stereocenters. The van der Waals surface area contributed by atoms with Gasteiger partial charge in [0.25, 0.3) is 0 Å². The van der Waals surface area contributed by atoms with Crippen molar-refractivity contribution >= 4 is 17.8 Å². The third kappa shape index (κ3) is 4.59. The number of aromatic nitrogens is 1. The lowest BCUT2D eigenvalue weighted by atomic mass is 10.1. The van der Waals surface area contributed by atoms with Gasteiger partial charge < -0.3 is 15.0 Å². The standard InChI is InChI=1S/C22H22F2N4O4/c23-14-3-1-4-15(24)21(14)17-6-2-5-16(26-17)18-13-27(11-12-32-18)19(29)8-10-28-20(30)7-9-25-22(28)31/h1-6,18H,7-13H2,(H,25,31)/t18-/m1/s1. The molecule has 8 nitrogen and oxygen atoms in total. The van der Waals surface area contributed by atoms with Gasteiger partial charge in [0.1, 0.15) is 17.7 Å². The van der Waals surface area contributed by atoms with Crippen molar-refractivity contribution in [3.8, 4) is 11.3 Å². The Morgan fingerprint density at radius 2 is 1.91 bits per heavy atom. The number of ether oxygens (including phenoxy) is 1. The molecule has 0 unspecified atom stereocenters. The molecule has 2 aromatic rings. The van der Waals surface area contributed by atoms with E-state index in [1.807, 2.05) is 0 Å². The maximum absolute atomic E-state index is 14.2. The summed E-state index contributed by atoms with van der Waals surface area (Å²) in [5, 5.41) is 2.58. The van der Waals surface area contributed by atoms with E-state index in [0.717, 1.165) is 17.0 Å². The molecule has 0 bridgehead atoms. The van der Waals surface area contributed by atoms with Crippen molar-refractivity contribution in [2.24, 2.45) is 0 Å². The Kier molecular flexibility index (Phi) is 6.40. The molecule has 4 amide bonds. The fourth-order valence-corrected chi connectivity index (χ4v) is 3.78. The third-order valence-corrected chi connectivity index (χ3v) is 5.45. The van der Waals surface area contributed by atoms with Crippen molar-refractivity contribution in [2.75, 3.05) is 32.8 Å². The first-order chi connectivity index (χ1) is 15.4. The lowest BCUT2D eigenvalue weighted by Gasteiger charge is -2.33. The van der Waals surface area contributed by atoms with Crippen LogP contribution in [0.15, 0.2) is 36.4 Å². The van der Waals surface area contributed by atoms with E-state index in [2.05, 4.69) is 10.3 Å². The van der Waals surface area contributed by atoms with Gasteiger partial charge in [-0.25, -0.2) is 18.6 Å². The van der Waals surface area contributed by atoms with Crippen molar-refractivity contribution < 1.29 is 27.9 Å². The minimum absolute atomic E-state index is 0.000212. The summed E-state index contributed by atoms with van der Waals surface area (Å²) >= 11 is 0. The fourth-order valence-electron chi connectivity index (χ4n) is 3.78. The minimum Gasteiger partial charge on any atom is -0.368 e.